The molecule has 1 atom stereocenters. The van der Waals surface area contributed by atoms with Crippen LogP contribution in [-0.4, -0.2) is 48.3 Å². The highest BCUT2D eigenvalue weighted by Crippen LogP contribution is 2.14. The normalized spacial score (nSPS) is 19.8. The van der Waals surface area contributed by atoms with Gasteiger partial charge in [0.15, 0.2) is 0 Å². The topological polar surface area (TPSA) is 63.2 Å². The van der Waals surface area contributed by atoms with Gasteiger partial charge in [-0.25, -0.2) is 0 Å². The van der Waals surface area contributed by atoms with Crippen LogP contribution >= 0.6 is 11.6 Å². The Morgan fingerprint density at radius 3 is 2.81 bits per heavy atom. The second-order valence-corrected chi connectivity index (χ2v) is 4.17. The summed E-state index contributed by atoms with van der Waals surface area (Å²) in [6.07, 6.45) is 0.959. The number of nitrogens with zero attached hydrogens (tertiary/aromatic N) is 4. The summed E-state index contributed by atoms with van der Waals surface area (Å²) in [6, 6.07) is 0.258. The Bertz CT molecular complexity index is 367. The average Bonchev–Trinajstić information content (AvgIpc) is 2.69. The molecular weight excluding hydrogens is 230 g/mol. The van der Waals surface area contributed by atoms with Crippen molar-refractivity contribution < 1.29 is 4.74 Å². The van der Waals surface area contributed by atoms with Gasteiger partial charge in [-0.3, -0.25) is 0 Å². The van der Waals surface area contributed by atoms with Crippen molar-refractivity contribution in [2.45, 2.75) is 12.5 Å². The van der Waals surface area contributed by atoms with Gasteiger partial charge in [0.25, 0.3) is 0 Å². The van der Waals surface area contributed by atoms with Crippen LogP contribution in [0.5, 0.6) is 0 Å². The standard InChI is InChI=1S/C9H14ClN5O/c1-15(2)9-13-7(10)12-8(14-9)11-6-3-4-16-5-6/h6H,3-5H2,1-2H3,(H,11,12,13,14). The van der Waals surface area contributed by atoms with Crippen molar-refractivity contribution in [1.29, 1.82) is 0 Å². The summed E-state index contributed by atoms with van der Waals surface area (Å²) in [6.45, 7) is 1.46. The maximum atomic E-state index is 5.82. The van der Waals surface area contributed by atoms with E-state index in [4.69, 9.17) is 16.3 Å². The van der Waals surface area contributed by atoms with E-state index in [1.807, 2.05) is 14.1 Å². The highest BCUT2D eigenvalue weighted by Gasteiger charge is 2.17. The Balaban J connectivity index is 2.13. The van der Waals surface area contributed by atoms with Gasteiger partial charge in [0, 0.05) is 20.7 Å². The van der Waals surface area contributed by atoms with E-state index in [0.29, 0.717) is 18.5 Å². The summed E-state index contributed by atoms with van der Waals surface area (Å²) in [5.41, 5.74) is 0. The zero-order chi connectivity index (χ0) is 11.5. The second-order valence-electron chi connectivity index (χ2n) is 3.83. The van der Waals surface area contributed by atoms with Crippen molar-refractivity contribution in [2.24, 2.45) is 0 Å². The van der Waals surface area contributed by atoms with Gasteiger partial charge in [-0.1, -0.05) is 0 Å². The van der Waals surface area contributed by atoms with Crippen molar-refractivity contribution in [3.8, 4) is 0 Å². The molecule has 0 radical (unpaired) electrons. The molecule has 16 heavy (non-hydrogen) atoms. The minimum absolute atomic E-state index is 0.195. The lowest BCUT2D eigenvalue weighted by Gasteiger charge is -2.14. The highest BCUT2D eigenvalue weighted by molar-refractivity contribution is 6.28. The molecule has 1 aliphatic heterocycles. The molecule has 0 bridgehead atoms. The molecule has 0 aliphatic carbocycles. The van der Waals surface area contributed by atoms with Crippen LogP contribution in [0.3, 0.4) is 0 Å². The molecular formula is C9H14ClN5O. The summed E-state index contributed by atoms with van der Waals surface area (Å²) in [5, 5.41) is 3.37. The summed E-state index contributed by atoms with van der Waals surface area (Å²) in [5.74, 6) is 1.04. The van der Waals surface area contributed by atoms with Crippen LogP contribution < -0.4 is 10.2 Å². The van der Waals surface area contributed by atoms with Crippen molar-refractivity contribution in [3.63, 3.8) is 0 Å². The molecule has 0 amide bonds. The summed E-state index contributed by atoms with van der Waals surface area (Å²) in [4.78, 5) is 14.1. The zero-order valence-electron chi connectivity index (χ0n) is 9.27. The van der Waals surface area contributed by atoms with Crippen LogP contribution in [0.4, 0.5) is 11.9 Å². The van der Waals surface area contributed by atoms with Crippen molar-refractivity contribution >= 4 is 23.5 Å². The minimum atomic E-state index is 0.195. The molecule has 7 heteroatoms. The SMILES string of the molecule is CN(C)c1nc(Cl)nc(NC2CCOC2)n1. The molecule has 1 saturated heterocycles. The zero-order valence-corrected chi connectivity index (χ0v) is 10.0. The minimum Gasteiger partial charge on any atom is -0.379 e. The molecule has 1 aliphatic rings. The smallest absolute Gasteiger partial charge is 0.230 e. The van der Waals surface area contributed by atoms with Gasteiger partial charge in [0.05, 0.1) is 12.6 Å². The lowest BCUT2D eigenvalue weighted by atomic mass is 10.3. The molecule has 1 fully saturated rings. The van der Waals surface area contributed by atoms with E-state index in [9.17, 15) is 0 Å². The Labute approximate surface area is 99.0 Å². The lowest BCUT2D eigenvalue weighted by Crippen LogP contribution is -2.22. The van der Waals surface area contributed by atoms with E-state index in [2.05, 4.69) is 20.3 Å². The third-order valence-corrected chi connectivity index (χ3v) is 2.43. The van der Waals surface area contributed by atoms with E-state index in [-0.39, 0.29) is 11.3 Å². The maximum Gasteiger partial charge on any atom is 0.230 e. The van der Waals surface area contributed by atoms with Gasteiger partial charge in [-0.05, 0) is 18.0 Å². The molecule has 1 unspecified atom stereocenters. The fourth-order valence-corrected chi connectivity index (χ4v) is 1.59. The monoisotopic (exact) mass is 243 g/mol. The van der Waals surface area contributed by atoms with Gasteiger partial charge in [-0.2, -0.15) is 15.0 Å². The fourth-order valence-electron chi connectivity index (χ4n) is 1.44. The Kier molecular flexibility index (Phi) is 3.40. The third-order valence-electron chi connectivity index (χ3n) is 2.26. The Hall–Kier alpha value is -1.14. The third kappa shape index (κ3) is 2.70. The number of rotatable bonds is 3. The van der Waals surface area contributed by atoms with Crippen LogP contribution in [0.1, 0.15) is 6.42 Å². The first-order valence-electron chi connectivity index (χ1n) is 5.08. The number of ether oxygens (including phenoxy) is 1. The summed E-state index contributed by atoms with van der Waals surface area (Å²) >= 11 is 5.82. The molecule has 1 N–H and O–H groups in total. The first-order valence-corrected chi connectivity index (χ1v) is 5.46. The van der Waals surface area contributed by atoms with Crippen molar-refractivity contribution in [3.05, 3.63) is 5.28 Å². The van der Waals surface area contributed by atoms with Gasteiger partial charge < -0.3 is 15.0 Å². The van der Waals surface area contributed by atoms with E-state index >= 15 is 0 Å². The van der Waals surface area contributed by atoms with Crippen LogP contribution in [0, 0.1) is 0 Å². The number of anilines is 2. The largest absolute Gasteiger partial charge is 0.379 e. The fraction of sp³-hybridized carbons (Fsp3) is 0.667. The average molecular weight is 244 g/mol. The number of nitrogens with one attached hydrogen (secondary N) is 1. The quantitative estimate of drug-likeness (QED) is 0.847. The van der Waals surface area contributed by atoms with Crippen molar-refractivity contribution in [1.82, 2.24) is 15.0 Å². The van der Waals surface area contributed by atoms with Crippen LogP contribution in [0.2, 0.25) is 5.28 Å². The van der Waals surface area contributed by atoms with Gasteiger partial charge in [0.1, 0.15) is 0 Å². The van der Waals surface area contributed by atoms with Gasteiger partial charge >= 0.3 is 0 Å². The molecule has 6 nitrogen and oxygen atoms in total. The van der Waals surface area contributed by atoms with E-state index in [1.165, 1.54) is 0 Å². The highest BCUT2D eigenvalue weighted by atomic mass is 35.5. The summed E-state index contributed by atoms with van der Waals surface area (Å²) < 4.78 is 5.26. The van der Waals surface area contributed by atoms with Crippen LogP contribution in [0.15, 0.2) is 0 Å². The lowest BCUT2D eigenvalue weighted by molar-refractivity contribution is 0.195. The van der Waals surface area contributed by atoms with E-state index in [0.717, 1.165) is 13.0 Å². The van der Waals surface area contributed by atoms with E-state index in [1.54, 1.807) is 4.90 Å². The molecule has 2 rings (SSSR count). The van der Waals surface area contributed by atoms with Crippen molar-refractivity contribution in [2.75, 3.05) is 37.5 Å². The Morgan fingerprint density at radius 2 is 2.19 bits per heavy atom. The van der Waals surface area contributed by atoms with Gasteiger partial charge in [-0.15, -0.1) is 0 Å². The van der Waals surface area contributed by atoms with E-state index < -0.39 is 0 Å². The van der Waals surface area contributed by atoms with Crippen LogP contribution in [0.25, 0.3) is 0 Å². The molecule has 1 aromatic rings. The van der Waals surface area contributed by atoms with Gasteiger partial charge in [0.2, 0.25) is 17.2 Å². The molecule has 0 aromatic carbocycles. The summed E-state index contributed by atoms with van der Waals surface area (Å²) in [7, 11) is 3.71. The predicted molar refractivity (Wildman–Crippen MR) is 62.0 cm³/mol. The number of hydrogen-bond acceptors (Lipinski definition) is 6. The number of aromatic nitrogens is 3. The molecule has 2 heterocycles. The maximum absolute atomic E-state index is 5.82. The Morgan fingerprint density at radius 1 is 1.38 bits per heavy atom. The van der Waals surface area contributed by atoms with Crippen LogP contribution in [-0.2, 0) is 4.74 Å². The molecule has 88 valence electrons. The number of halogens is 1. The predicted octanol–water partition coefficient (Wildman–Crippen LogP) is 0.792. The number of hydrogen-bond donors (Lipinski definition) is 1. The first-order chi connectivity index (χ1) is 7.65. The molecule has 0 saturated carbocycles. The molecule has 1 aromatic heterocycles. The first kappa shape index (κ1) is 11.3. The second kappa shape index (κ2) is 4.80. The molecule has 0 spiro atoms.